The summed E-state index contributed by atoms with van der Waals surface area (Å²) in [6, 6.07) is 3.07. The van der Waals surface area contributed by atoms with Crippen LogP contribution in [0.2, 0.25) is 0 Å². The van der Waals surface area contributed by atoms with Crippen molar-refractivity contribution in [2.45, 2.75) is 38.3 Å². The normalized spacial score (nSPS) is 16.4. The number of phenols is 1. The van der Waals surface area contributed by atoms with E-state index in [0.29, 0.717) is 38.1 Å². The molecule has 1 aromatic rings. The average Bonchev–Trinajstić information content (AvgIpc) is 2.52. The summed E-state index contributed by atoms with van der Waals surface area (Å²) in [6.07, 6.45) is -2.91. The number of amides is 1. The minimum Gasteiger partial charge on any atom is -0.508 e. The van der Waals surface area contributed by atoms with Crippen LogP contribution in [0.25, 0.3) is 0 Å². The van der Waals surface area contributed by atoms with Gasteiger partial charge in [0.1, 0.15) is 5.75 Å². The number of likely N-dealkylation sites (tertiary alicyclic amines) is 1. The summed E-state index contributed by atoms with van der Waals surface area (Å²) >= 11 is 0. The first-order valence-electron chi connectivity index (χ1n) is 7.64. The number of hydrogen-bond acceptors (Lipinski definition) is 3. The third-order valence-electron chi connectivity index (χ3n) is 3.98. The molecule has 4 nitrogen and oxygen atoms in total. The number of benzene rings is 1. The molecule has 1 N–H and O–H groups in total. The van der Waals surface area contributed by atoms with Gasteiger partial charge in [0.05, 0.1) is 12.2 Å². The van der Waals surface area contributed by atoms with Crippen molar-refractivity contribution in [1.82, 2.24) is 4.90 Å². The standard InChI is InChI=1S/C16H20F3NO3/c1-2-9-23-15(22)20-7-5-11(6-8-20)13-4-3-12(10-14(13)21)16(17,18)19/h3-4,10-11,21H,2,5-9H2,1H3. The molecule has 0 spiro atoms. The molecule has 1 aromatic carbocycles. The molecule has 0 saturated carbocycles. The highest BCUT2D eigenvalue weighted by Gasteiger charge is 2.32. The van der Waals surface area contributed by atoms with Crippen LogP contribution in [-0.2, 0) is 10.9 Å². The molecule has 0 aliphatic carbocycles. The van der Waals surface area contributed by atoms with Gasteiger partial charge in [-0.15, -0.1) is 0 Å². The summed E-state index contributed by atoms with van der Waals surface area (Å²) < 4.78 is 42.9. The van der Waals surface area contributed by atoms with Crippen LogP contribution in [0.3, 0.4) is 0 Å². The van der Waals surface area contributed by atoms with E-state index in [-0.39, 0.29) is 17.8 Å². The monoisotopic (exact) mass is 331 g/mol. The van der Waals surface area contributed by atoms with Crippen molar-refractivity contribution in [2.24, 2.45) is 0 Å². The van der Waals surface area contributed by atoms with Crippen molar-refractivity contribution in [3.63, 3.8) is 0 Å². The van der Waals surface area contributed by atoms with Crippen molar-refractivity contribution in [3.8, 4) is 5.75 Å². The molecule has 128 valence electrons. The second kappa shape index (κ2) is 7.10. The Kier molecular flexibility index (Phi) is 5.38. The van der Waals surface area contributed by atoms with Crippen molar-refractivity contribution >= 4 is 6.09 Å². The number of alkyl halides is 3. The SMILES string of the molecule is CCCOC(=O)N1CCC(c2ccc(C(F)(F)F)cc2O)CC1. The zero-order valence-electron chi connectivity index (χ0n) is 12.9. The minimum absolute atomic E-state index is 0.0625. The van der Waals surface area contributed by atoms with Gasteiger partial charge in [-0.25, -0.2) is 4.79 Å². The quantitative estimate of drug-likeness (QED) is 0.906. The fourth-order valence-corrected chi connectivity index (χ4v) is 2.72. The molecule has 0 unspecified atom stereocenters. The molecule has 0 atom stereocenters. The summed E-state index contributed by atoms with van der Waals surface area (Å²) in [5, 5.41) is 9.89. The summed E-state index contributed by atoms with van der Waals surface area (Å²) in [4.78, 5) is 13.3. The number of hydrogen-bond donors (Lipinski definition) is 1. The van der Waals surface area contributed by atoms with Crippen molar-refractivity contribution in [3.05, 3.63) is 29.3 Å². The predicted molar refractivity (Wildman–Crippen MR) is 78.3 cm³/mol. The summed E-state index contributed by atoms with van der Waals surface area (Å²) in [5.74, 6) is -0.403. The maximum absolute atomic E-state index is 12.6. The second-order valence-electron chi connectivity index (χ2n) is 5.65. The molecule has 1 saturated heterocycles. The van der Waals surface area contributed by atoms with Crippen LogP contribution in [0.5, 0.6) is 5.75 Å². The Balaban J connectivity index is 1.99. The Bertz CT molecular complexity index is 552. The molecule has 0 bridgehead atoms. The zero-order chi connectivity index (χ0) is 17.0. The van der Waals surface area contributed by atoms with Crippen molar-refractivity contribution in [1.29, 1.82) is 0 Å². The van der Waals surface area contributed by atoms with E-state index >= 15 is 0 Å². The first-order valence-corrected chi connectivity index (χ1v) is 7.64. The van der Waals surface area contributed by atoms with Gasteiger partial charge in [-0.2, -0.15) is 13.2 Å². The fourth-order valence-electron chi connectivity index (χ4n) is 2.72. The van der Waals surface area contributed by atoms with Crippen LogP contribution >= 0.6 is 0 Å². The Morgan fingerprint density at radius 1 is 1.35 bits per heavy atom. The molecule has 1 aliphatic rings. The van der Waals surface area contributed by atoms with Gasteiger partial charge in [-0.05, 0) is 42.9 Å². The van der Waals surface area contributed by atoms with Gasteiger partial charge in [0, 0.05) is 13.1 Å². The lowest BCUT2D eigenvalue weighted by atomic mass is 9.88. The molecular weight excluding hydrogens is 311 g/mol. The van der Waals surface area contributed by atoms with E-state index in [4.69, 9.17) is 4.74 Å². The lowest BCUT2D eigenvalue weighted by molar-refractivity contribution is -0.137. The number of rotatable bonds is 3. The molecule has 1 heterocycles. The van der Waals surface area contributed by atoms with E-state index in [1.165, 1.54) is 6.07 Å². The number of halogens is 3. The highest BCUT2D eigenvalue weighted by molar-refractivity contribution is 5.67. The number of carbonyl (C=O) groups is 1. The Morgan fingerprint density at radius 3 is 2.52 bits per heavy atom. The summed E-state index contributed by atoms with van der Waals surface area (Å²) in [6.45, 7) is 3.21. The maximum atomic E-state index is 12.6. The first kappa shape index (κ1) is 17.4. The number of carbonyl (C=O) groups excluding carboxylic acids is 1. The van der Waals surface area contributed by atoms with Crippen LogP contribution in [-0.4, -0.2) is 35.8 Å². The molecule has 0 radical (unpaired) electrons. The molecule has 0 aromatic heterocycles. The third-order valence-corrected chi connectivity index (χ3v) is 3.98. The third kappa shape index (κ3) is 4.30. The fraction of sp³-hybridized carbons (Fsp3) is 0.562. The van der Waals surface area contributed by atoms with E-state index in [2.05, 4.69) is 0 Å². The Morgan fingerprint density at radius 2 is 2.00 bits per heavy atom. The highest BCUT2D eigenvalue weighted by atomic mass is 19.4. The topological polar surface area (TPSA) is 49.8 Å². The van der Waals surface area contributed by atoms with Crippen LogP contribution in [0.4, 0.5) is 18.0 Å². The molecule has 7 heteroatoms. The van der Waals surface area contributed by atoms with Gasteiger partial charge in [-0.3, -0.25) is 0 Å². The van der Waals surface area contributed by atoms with Crippen LogP contribution < -0.4 is 0 Å². The van der Waals surface area contributed by atoms with Gasteiger partial charge in [0.2, 0.25) is 0 Å². The molecule has 23 heavy (non-hydrogen) atoms. The number of phenolic OH excluding ortho intramolecular Hbond substituents is 1. The van der Waals surface area contributed by atoms with Crippen molar-refractivity contribution < 1.29 is 27.8 Å². The first-order chi connectivity index (χ1) is 10.8. The molecular formula is C16H20F3NO3. The average molecular weight is 331 g/mol. The lowest BCUT2D eigenvalue weighted by Crippen LogP contribution is -2.38. The van der Waals surface area contributed by atoms with Gasteiger partial charge >= 0.3 is 12.3 Å². The Labute approximate surface area is 132 Å². The molecule has 1 aliphatic heterocycles. The van der Waals surface area contributed by atoms with Gasteiger partial charge < -0.3 is 14.7 Å². The molecule has 1 amide bonds. The largest absolute Gasteiger partial charge is 0.508 e. The number of piperidine rings is 1. The van der Waals surface area contributed by atoms with Crippen LogP contribution in [0.15, 0.2) is 18.2 Å². The van der Waals surface area contributed by atoms with E-state index in [1.54, 1.807) is 4.90 Å². The smallest absolute Gasteiger partial charge is 0.416 e. The summed E-state index contributed by atoms with van der Waals surface area (Å²) in [7, 11) is 0. The molecule has 2 rings (SSSR count). The van der Waals surface area contributed by atoms with Gasteiger partial charge in [0.15, 0.2) is 0 Å². The maximum Gasteiger partial charge on any atom is 0.416 e. The molecule has 1 fully saturated rings. The number of ether oxygens (including phenoxy) is 1. The highest BCUT2D eigenvalue weighted by Crippen LogP contribution is 2.38. The van der Waals surface area contributed by atoms with Crippen molar-refractivity contribution in [2.75, 3.05) is 19.7 Å². The number of nitrogens with zero attached hydrogens (tertiary/aromatic N) is 1. The summed E-state index contributed by atoms with van der Waals surface area (Å²) in [5.41, 5.74) is -0.362. The van der Waals surface area contributed by atoms with E-state index < -0.39 is 11.7 Å². The van der Waals surface area contributed by atoms with Gasteiger partial charge in [-0.1, -0.05) is 13.0 Å². The zero-order valence-corrected chi connectivity index (χ0v) is 12.9. The lowest BCUT2D eigenvalue weighted by Gasteiger charge is -2.31. The number of aromatic hydroxyl groups is 1. The van der Waals surface area contributed by atoms with E-state index in [0.717, 1.165) is 18.6 Å². The van der Waals surface area contributed by atoms with Crippen LogP contribution in [0.1, 0.15) is 43.2 Å². The van der Waals surface area contributed by atoms with E-state index in [9.17, 15) is 23.1 Å². The minimum atomic E-state index is -4.47. The predicted octanol–water partition coefficient (Wildman–Crippen LogP) is 4.14. The van der Waals surface area contributed by atoms with Crippen LogP contribution in [0, 0.1) is 0 Å². The second-order valence-corrected chi connectivity index (χ2v) is 5.65. The van der Waals surface area contributed by atoms with E-state index in [1.807, 2.05) is 6.92 Å². The van der Waals surface area contributed by atoms with Gasteiger partial charge in [0.25, 0.3) is 0 Å². The Hall–Kier alpha value is -1.92.